The number of carbonyl (C=O) groups excluding carboxylic acids is 1. The van der Waals surface area contributed by atoms with Crippen LogP contribution in [-0.4, -0.2) is 56.5 Å². The highest BCUT2D eigenvalue weighted by atomic mass is 35.5. The number of amidine groups is 1. The SMILES string of the molecule is COC(=O)C=C1CCN(CC2CCN(c3ccc(C(=N)N)cc3)CC2)CC1.Cl.Cl. The Kier molecular flexibility index (Phi) is 10.5. The monoisotopic (exact) mass is 442 g/mol. The average molecular weight is 443 g/mol. The molecule has 2 aliphatic heterocycles. The summed E-state index contributed by atoms with van der Waals surface area (Å²) in [7, 11) is 1.43. The van der Waals surface area contributed by atoms with Gasteiger partial charge in [0, 0.05) is 50.1 Å². The van der Waals surface area contributed by atoms with Gasteiger partial charge in [-0.3, -0.25) is 5.41 Å². The maximum atomic E-state index is 11.3. The normalized spacial score (nSPS) is 17.7. The van der Waals surface area contributed by atoms with Crippen LogP contribution in [0, 0.1) is 11.3 Å². The zero-order valence-electron chi connectivity index (χ0n) is 16.9. The Balaban J connectivity index is 0.00000210. The van der Waals surface area contributed by atoms with Crippen LogP contribution in [0.5, 0.6) is 0 Å². The van der Waals surface area contributed by atoms with Crippen molar-refractivity contribution < 1.29 is 9.53 Å². The number of halogens is 2. The number of likely N-dealkylation sites (tertiary alicyclic amines) is 1. The number of benzene rings is 1. The number of hydrogen-bond donors (Lipinski definition) is 2. The molecule has 0 aliphatic carbocycles. The molecule has 1 aromatic rings. The number of ether oxygens (including phenoxy) is 1. The van der Waals surface area contributed by atoms with Gasteiger partial charge in [0.1, 0.15) is 5.84 Å². The van der Waals surface area contributed by atoms with Gasteiger partial charge in [0.05, 0.1) is 7.11 Å². The van der Waals surface area contributed by atoms with E-state index in [1.807, 2.05) is 12.1 Å². The third kappa shape index (κ3) is 7.21. The van der Waals surface area contributed by atoms with Crippen molar-refractivity contribution in [3.8, 4) is 0 Å². The lowest BCUT2D eigenvalue weighted by Gasteiger charge is -2.37. The van der Waals surface area contributed by atoms with E-state index in [0.29, 0.717) is 0 Å². The van der Waals surface area contributed by atoms with Gasteiger partial charge >= 0.3 is 5.97 Å². The summed E-state index contributed by atoms with van der Waals surface area (Å²) in [6.07, 6.45) is 6.01. The molecule has 3 rings (SSSR count). The Morgan fingerprint density at radius 3 is 2.24 bits per heavy atom. The first-order valence-corrected chi connectivity index (χ1v) is 9.74. The molecule has 0 atom stereocenters. The summed E-state index contributed by atoms with van der Waals surface area (Å²) in [5.41, 5.74) is 8.73. The molecule has 0 amide bonds. The van der Waals surface area contributed by atoms with E-state index in [2.05, 4.69) is 21.9 Å². The van der Waals surface area contributed by atoms with Crippen LogP contribution < -0.4 is 10.6 Å². The summed E-state index contributed by atoms with van der Waals surface area (Å²) in [4.78, 5) is 16.3. The van der Waals surface area contributed by atoms with Gasteiger partial charge in [0.2, 0.25) is 0 Å². The van der Waals surface area contributed by atoms with Crippen LogP contribution in [0.4, 0.5) is 5.69 Å². The van der Waals surface area contributed by atoms with E-state index in [4.69, 9.17) is 15.9 Å². The van der Waals surface area contributed by atoms with Crippen molar-refractivity contribution in [2.75, 3.05) is 44.7 Å². The lowest BCUT2D eigenvalue weighted by Crippen LogP contribution is -2.40. The topological polar surface area (TPSA) is 82.7 Å². The third-order valence-electron chi connectivity index (χ3n) is 5.70. The number of nitrogens with two attached hydrogens (primary N) is 1. The second-order valence-corrected chi connectivity index (χ2v) is 7.52. The van der Waals surface area contributed by atoms with E-state index in [-0.39, 0.29) is 36.6 Å². The molecule has 0 spiro atoms. The standard InChI is InChI=1S/C21H30N4O2.2ClH/c1-27-20(26)14-16-6-10-24(11-7-16)15-17-8-12-25(13-9-17)19-4-2-18(3-5-19)21(22)23;;/h2-5,14,17H,6-13,15H2,1H3,(H3,22,23);2*1H. The van der Waals surface area contributed by atoms with Gasteiger partial charge in [-0.2, -0.15) is 0 Å². The fraction of sp³-hybridized carbons (Fsp3) is 0.524. The molecule has 1 aromatic carbocycles. The average Bonchev–Trinajstić information content (AvgIpc) is 2.70. The Hall–Kier alpha value is -1.76. The number of nitrogens with zero attached hydrogens (tertiary/aromatic N) is 2. The highest BCUT2D eigenvalue weighted by Gasteiger charge is 2.23. The maximum absolute atomic E-state index is 11.3. The molecule has 2 heterocycles. The van der Waals surface area contributed by atoms with E-state index in [1.165, 1.54) is 31.2 Å². The van der Waals surface area contributed by atoms with Crippen molar-refractivity contribution in [2.45, 2.75) is 25.7 Å². The molecular weight excluding hydrogens is 411 g/mol. The molecule has 2 fully saturated rings. The van der Waals surface area contributed by atoms with Gasteiger partial charge in [-0.1, -0.05) is 5.57 Å². The Labute approximate surface area is 185 Å². The number of anilines is 1. The summed E-state index contributed by atoms with van der Waals surface area (Å²) < 4.78 is 4.72. The summed E-state index contributed by atoms with van der Waals surface area (Å²) >= 11 is 0. The van der Waals surface area contributed by atoms with Crippen molar-refractivity contribution in [3.63, 3.8) is 0 Å². The molecule has 0 radical (unpaired) electrons. The van der Waals surface area contributed by atoms with Crippen LogP contribution in [0.1, 0.15) is 31.2 Å². The number of rotatable bonds is 5. The summed E-state index contributed by atoms with van der Waals surface area (Å²) in [5, 5.41) is 7.49. The minimum atomic E-state index is -0.234. The summed E-state index contributed by atoms with van der Waals surface area (Å²) in [6.45, 7) is 5.38. The highest BCUT2D eigenvalue weighted by molar-refractivity contribution is 5.95. The summed E-state index contributed by atoms with van der Waals surface area (Å²) in [6, 6.07) is 7.99. The predicted octanol–water partition coefficient (Wildman–Crippen LogP) is 3.23. The van der Waals surface area contributed by atoms with Gasteiger partial charge in [0.25, 0.3) is 0 Å². The molecule has 0 unspecified atom stereocenters. The molecule has 2 aliphatic rings. The van der Waals surface area contributed by atoms with Gasteiger partial charge in [-0.25, -0.2) is 4.79 Å². The van der Waals surface area contributed by atoms with Crippen molar-refractivity contribution in [1.29, 1.82) is 5.41 Å². The molecular formula is C21H32Cl2N4O2. The minimum absolute atomic E-state index is 0. The molecule has 0 aromatic heterocycles. The molecule has 8 heteroatoms. The third-order valence-corrected chi connectivity index (χ3v) is 5.70. The van der Waals surface area contributed by atoms with E-state index < -0.39 is 0 Å². The number of methoxy groups -OCH3 is 1. The first-order chi connectivity index (χ1) is 13.0. The number of hydrogen-bond acceptors (Lipinski definition) is 5. The Morgan fingerprint density at radius 2 is 1.72 bits per heavy atom. The molecule has 29 heavy (non-hydrogen) atoms. The van der Waals surface area contributed by atoms with Crippen molar-refractivity contribution >= 4 is 42.3 Å². The summed E-state index contributed by atoms with van der Waals surface area (Å²) in [5.74, 6) is 0.623. The number of nitrogen functional groups attached to an aromatic ring is 1. The second-order valence-electron chi connectivity index (χ2n) is 7.52. The van der Waals surface area contributed by atoms with Gasteiger partial charge in [-0.15, -0.1) is 24.8 Å². The zero-order valence-corrected chi connectivity index (χ0v) is 18.6. The first kappa shape index (κ1) is 25.3. The second kappa shape index (κ2) is 12.1. The van der Waals surface area contributed by atoms with E-state index in [9.17, 15) is 4.79 Å². The number of piperidine rings is 2. The molecule has 162 valence electrons. The number of nitrogens with one attached hydrogen (secondary N) is 1. The van der Waals surface area contributed by atoms with Gasteiger partial charge in [-0.05, 0) is 55.9 Å². The van der Waals surface area contributed by atoms with Crippen LogP contribution in [0.15, 0.2) is 35.9 Å². The lowest BCUT2D eigenvalue weighted by molar-refractivity contribution is -0.134. The van der Waals surface area contributed by atoms with Crippen LogP contribution in [0.2, 0.25) is 0 Å². The van der Waals surface area contributed by atoms with E-state index >= 15 is 0 Å². The smallest absolute Gasteiger partial charge is 0.330 e. The largest absolute Gasteiger partial charge is 0.466 e. The lowest BCUT2D eigenvalue weighted by atomic mass is 9.94. The predicted molar refractivity (Wildman–Crippen MR) is 123 cm³/mol. The van der Waals surface area contributed by atoms with Gasteiger partial charge in [0.15, 0.2) is 0 Å². The fourth-order valence-electron chi connectivity index (χ4n) is 3.98. The quantitative estimate of drug-likeness (QED) is 0.316. The Morgan fingerprint density at radius 1 is 1.14 bits per heavy atom. The fourth-order valence-corrected chi connectivity index (χ4v) is 3.98. The number of carbonyl (C=O) groups is 1. The molecule has 6 nitrogen and oxygen atoms in total. The van der Waals surface area contributed by atoms with Crippen LogP contribution in [-0.2, 0) is 9.53 Å². The number of esters is 1. The van der Waals surface area contributed by atoms with Crippen molar-refractivity contribution in [2.24, 2.45) is 11.7 Å². The molecule has 0 bridgehead atoms. The first-order valence-electron chi connectivity index (χ1n) is 9.74. The molecule has 0 saturated carbocycles. The van der Waals surface area contributed by atoms with Crippen LogP contribution >= 0.6 is 24.8 Å². The molecule has 2 saturated heterocycles. The van der Waals surface area contributed by atoms with Gasteiger partial charge < -0.3 is 20.3 Å². The van der Waals surface area contributed by atoms with Crippen molar-refractivity contribution in [1.82, 2.24) is 4.90 Å². The highest BCUT2D eigenvalue weighted by Crippen LogP contribution is 2.26. The zero-order chi connectivity index (χ0) is 19.2. The van der Waals surface area contributed by atoms with Crippen LogP contribution in [0.25, 0.3) is 0 Å². The minimum Gasteiger partial charge on any atom is -0.466 e. The Bertz CT molecular complexity index is 691. The van der Waals surface area contributed by atoms with Crippen molar-refractivity contribution in [3.05, 3.63) is 41.5 Å². The van der Waals surface area contributed by atoms with Crippen LogP contribution in [0.3, 0.4) is 0 Å². The maximum Gasteiger partial charge on any atom is 0.330 e. The molecule has 3 N–H and O–H groups in total. The van der Waals surface area contributed by atoms with E-state index in [1.54, 1.807) is 6.08 Å². The van der Waals surface area contributed by atoms with E-state index in [0.717, 1.165) is 57.0 Å².